The molecule has 204 valence electrons. The summed E-state index contributed by atoms with van der Waals surface area (Å²) < 4.78 is 49.9. The van der Waals surface area contributed by atoms with Gasteiger partial charge in [-0.1, -0.05) is 29.8 Å². The molecule has 3 aromatic rings. The minimum atomic E-state index is -4.26. The van der Waals surface area contributed by atoms with Crippen LogP contribution in [-0.2, 0) is 21.2 Å². The lowest BCUT2D eigenvalue weighted by molar-refractivity contribution is -0.119. The first-order valence-corrected chi connectivity index (χ1v) is 13.5. The Bertz CT molecular complexity index is 1370. The number of carbonyl (C=O) groups is 1. The van der Waals surface area contributed by atoms with Gasteiger partial charge in [-0.25, -0.2) is 8.42 Å². The van der Waals surface area contributed by atoms with Crippen molar-refractivity contribution in [3.05, 3.63) is 71.2 Å². The van der Waals surface area contributed by atoms with Crippen molar-refractivity contribution in [3.63, 3.8) is 0 Å². The van der Waals surface area contributed by atoms with Crippen molar-refractivity contribution in [3.8, 4) is 23.0 Å². The van der Waals surface area contributed by atoms with Crippen molar-refractivity contribution in [2.24, 2.45) is 0 Å². The lowest BCUT2D eigenvalue weighted by Gasteiger charge is -2.26. The largest absolute Gasteiger partial charge is 0.496 e. The smallest absolute Gasteiger partial charge is 0.265 e. The molecule has 1 amide bonds. The molecule has 0 saturated heterocycles. The Morgan fingerprint density at radius 1 is 0.842 bits per heavy atom. The van der Waals surface area contributed by atoms with E-state index in [1.54, 1.807) is 19.2 Å². The minimum Gasteiger partial charge on any atom is -0.496 e. The van der Waals surface area contributed by atoms with E-state index in [9.17, 15) is 13.2 Å². The van der Waals surface area contributed by atoms with Gasteiger partial charge in [0.1, 0.15) is 18.0 Å². The van der Waals surface area contributed by atoms with Gasteiger partial charge in [-0.2, -0.15) is 0 Å². The van der Waals surface area contributed by atoms with Crippen LogP contribution in [0.25, 0.3) is 0 Å². The summed E-state index contributed by atoms with van der Waals surface area (Å²) in [5.41, 5.74) is 1.14. The summed E-state index contributed by atoms with van der Waals surface area (Å²) in [6.07, 6.45) is 1.31. The zero-order valence-corrected chi connectivity index (χ0v) is 23.3. The van der Waals surface area contributed by atoms with E-state index in [4.69, 9.17) is 30.5 Å². The highest BCUT2D eigenvalue weighted by Crippen LogP contribution is 2.37. The van der Waals surface area contributed by atoms with Crippen molar-refractivity contribution < 1.29 is 32.2 Å². The Labute approximate surface area is 228 Å². The SMILES string of the molecule is COc1ccccc1CCCNC(=O)CN(c1cc(Cl)ccc1OC)S(=O)(=O)c1ccc(OC)c(OC)c1. The number of nitrogens with zero attached hydrogens (tertiary/aromatic N) is 1. The van der Waals surface area contributed by atoms with Gasteiger partial charge in [-0.05, 0) is 54.8 Å². The Morgan fingerprint density at radius 3 is 2.18 bits per heavy atom. The zero-order valence-electron chi connectivity index (χ0n) is 21.7. The second-order valence-electron chi connectivity index (χ2n) is 8.11. The van der Waals surface area contributed by atoms with Gasteiger partial charge in [0.05, 0.1) is 39.0 Å². The molecule has 0 saturated carbocycles. The number of nitrogens with one attached hydrogen (secondary N) is 1. The summed E-state index contributed by atoms with van der Waals surface area (Å²) in [6.45, 7) is -0.157. The van der Waals surface area contributed by atoms with Crippen molar-refractivity contribution >= 4 is 33.2 Å². The minimum absolute atomic E-state index is 0.0962. The number of para-hydroxylation sites is 1. The van der Waals surface area contributed by atoms with Gasteiger partial charge < -0.3 is 24.3 Å². The van der Waals surface area contributed by atoms with Crippen LogP contribution < -0.4 is 28.6 Å². The Balaban J connectivity index is 1.85. The average Bonchev–Trinajstić information content (AvgIpc) is 2.93. The fourth-order valence-electron chi connectivity index (χ4n) is 3.86. The van der Waals surface area contributed by atoms with Gasteiger partial charge in [0.15, 0.2) is 11.5 Å². The molecule has 0 spiro atoms. The molecule has 0 aromatic heterocycles. The molecule has 0 fully saturated rings. The van der Waals surface area contributed by atoms with E-state index in [1.807, 2.05) is 24.3 Å². The first kappa shape index (κ1) is 28.9. The molecule has 0 atom stereocenters. The predicted octanol–water partition coefficient (Wildman–Crippen LogP) is 4.32. The number of hydrogen-bond acceptors (Lipinski definition) is 7. The highest BCUT2D eigenvalue weighted by molar-refractivity contribution is 7.92. The van der Waals surface area contributed by atoms with Gasteiger partial charge in [-0.3, -0.25) is 9.10 Å². The van der Waals surface area contributed by atoms with Crippen LogP contribution in [0.3, 0.4) is 0 Å². The van der Waals surface area contributed by atoms with Crippen LogP contribution in [0.1, 0.15) is 12.0 Å². The molecule has 0 bridgehead atoms. The highest BCUT2D eigenvalue weighted by atomic mass is 35.5. The maximum absolute atomic E-state index is 13.8. The zero-order chi connectivity index (χ0) is 27.7. The summed E-state index contributed by atoms with van der Waals surface area (Å²) in [4.78, 5) is 12.9. The number of hydrogen-bond donors (Lipinski definition) is 1. The number of anilines is 1. The predicted molar refractivity (Wildman–Crippen MR) is 146 cm³/mol. The molecule has 9 nitrogen and oxygen atoms in total. The molecule has 0 radical (unpaired) electrons. The number of ether oxygens (including phenoxy) is 4. The van der Waals surface area contributed by atoms with Crippen LogP contribution in [0.15, 0.2) is 65.6 Å². The molecule has 0 unspecified atom stereocenters. The third kappa shape index (κ3) is 6.81. The molecule has 1 N–H and O–H groups in total. The first-order valence-electron chi connectivity index (χ1n) is 11.7. The number of sulfonamides is 1. The Kier molecular flexibility index (Phi) is 10.1. The lowest BCUT2D eigenvalue weighted by Crippen LogP contribution is -2.41. The van der Waals surface area contributed by atoms with E-state index >= 15 is 0 Å². The third-order valence-electron chi connectivity index (χ3n) is 5.78. The summed E-state index contributed by atoms with van der Waals surface area (Å²) in [5, 5.41) is 3.09. The van der Waals surface area contributed by atoms with E-state index in [2.05, 4.69) is 5.32 Å². The monoisotopic (exact) mass is 562 g/mol. The third-order valence-corrected chi connectivity index (χ3v) is 7.77. The number of rotatable bonds is 13. The average molecular weight is 563 g/mol. The number of methoxy groups -OCH3 is 4. The molecule has 38 heavy (non-hydrogen) atoms. The number of carbonyl (C=O) groups excluding carboxylic acids is 1. The van der Waals surface area contributed by atoms with E-state index in [-0.39, 0.29) is 27.1 Å². The normalized spacial score (nSPS) is 11.0. The maximum atomic E-state index is 13.8. The van der Waals surface area contributed by atoms with Crippen LogP contribution in [0.5, 0.6) is 23.0 Å². The second kappa shape index (κ2) is 13.3. The van der Waals surface area contributed by atoms with E-state index in [1.165, 1.54) is 45.6 Å². The summed E-state index contributed by atoms with van der Waals surface area (Å²) in [6, 6.07) is 16.4. The van der Waals surface area contributed by atoms with Crippen molar-refractivity contribution in [1.29, 1.82) is 0 Å². The topological polar surface area (TPSA) is 103 Å². The number of aryl methyl sites for hydroxylation is 1. The van der Waals surface area contributed by atoms with Crippen LogP contribution in [0, 0.1) is 0 Å². The van der Waals surface area contributed by atoms with Gasteiger partial charge in [0.2, 0.25) is 5.91 Å². The summed E-state index contributed by atoms with van der Waals surface area (Å²) >= 11 is 6.20. The highest BCUT2D eigenvalue weighted by Gasteiger charge is 2.30. The summed E-state index contributed by atoms with van der Waals surface area (Å²) in [5.74, 6) is 1.12. The molecule has 3 aromatic carbocycles. The van der Waals surface area contributed by atoms with Crippen LogP contribution in [0.2, 0.25) is 5.02 Å². The van der Waals surface area contributed by atoms with Crippen molar-refractivity contribution in [2.75, 3.05) is 45.8 Å². The van der Waals surface area contributed by atoms with Gasteiger partial charge in [-0.15, -0.1) is 0 Å². The van der Waals surface area contributed by atoms with E-state index in [0.717, 1.165) is 15.6 Å². The number of amides is 1. The van der Waals surface area contributed by atoms with Crippen LogP contribution in [0.4, 0.5) is 5.69 Å². The van der Waals surface area contributed by atoms with Gasteiger partial charge in [0.25, 0.3) is 10.0 Å². The molecular weight excluding hydrogens is 532 g/mol. The van der Waals surface area contributed by atoms with Crippen LogP contribution in [-0.4, -0.2) is 55.9 Å². The van der Waals surface area contributed by atoms with E-state index < -0.39 is 22.5 Å². The molecule has 0 heterocycles. The second-order valence-corrected chi connectivity index (χ2v) is 10.4. The lowest BCUT2D eigenvalue weighted by atomic mass is 10.1. The molecule has 0 aliphatic heterocycles. The summed E-state index contributed by atoms with van der Waals surface area (Å²) in [7, 11) is 1.62. The Morgan fingerprint density at radius 2 is 1.50 bits per heavy atom. The molecule has 0 aliphatic rings. The fourth-order valence-corrected chi connectivity index (χ4v) is 5.47. The van der Waals surface area contributed by atoms with Gasteiger partial charge >= 0.3 is 0 Å². The van der Waals surface area contributed by atoms with E-state index in [0.29, 0.717) is 25.1 Å². The molecule has 11 heteroatoms. The Hall–Kier alpha value is -3.63. The number of benzene rings is 3. The standard InChI is InChI=1S/C27H31ClN2O7S/c1-34-23-10-6-5-8-19(23)9-7-15-29-27(31)18-30(22-16-20(28)11-13-24(22)35-2)38(32,33)21-12-14-25(36-3)26(17-21)37-4/h5-6,8,10-14,16-17H,7,9,15,18H2,1-4H3,(H,29,31). The van der Waals surface area contributed by atoms with Crippen molar-refractivity contribution in [2.45, 2.75) is 17.7 Å². The molecule has 3 rings (SSSR count). The van der Waals surface area contributed by atoms with Gasteiger partial charge in [0, 0.05) is 17.6 Å². The fraction of sp³-hybridized carbons (Fsp3) is 0.296. The molecule has 0 aliphatic carbocycles. The maximum Gasteiger partial charge on any atom is 0.265 e. The van der Waals surface area contributed by atoms with Crippen LogP contribution >= 0.6 is 11.6 Å². The quantitative estimate of drug-likeness (QED) is 0.309. The first-order chi connectivity index (χ1) is 18.2. The number of halogens is 1. The van der Waals surface area contributed by atoms with Crippen molar-refractivity contribution in [1.82, 2.24) is 5.32 Å². The molecular formula is C27H31ClN2O7S.